The average molecular weight is 368 g/mol. The predicted molar refractivity (Wildman–Crippen MR) is 102 cm³/mol. The van der Waals surface area contributed by atoms with E-state index in [0.29, 0.717) is 16.9 Å². The summed E-state index contributed by atoms with van der Waals surface area (Å²) in [5, 5.41) is 6.04. The van der Waals surface area contributed by atoms with Crippen LogP contribution in [0.1, 0.15) is 21.6 Å². The quantitative estimate of drug-likeness (QED) is 0.741. The Morgan fingerprint density at radius 2 is 2.00 bits per heavy atom. The van der Waals surface area contributed by atoms with Crippen molar-refractivity contribution in [3.63, 3.8) is 0 Å². The summed E-state index contributed by atoms with van der Waals surface area (Å²) < 4.78 is 15.7. The highest BCUT2D eigenvalue weighted by molar-refractivity contribution is 6.04. The van der Waals surface area contributed by atoms with Gasteiger partial charge in [-0.1, -0.05) is 0 Å². The largest absolute Gasteiger partial charge is 0.354 e. The number of aromatic nitrogens is 3. The van der Waals surface area contributed by atoms with Crippen molar-refractivity contribution in [3.05, 3.63) is 53.4 Å². The van der Waals surface area contributed by atoms with Crippen LogP contribution in [-0.2, 0) is 0 Å². The van der Waals surface area contributed by atoms with Crippen LogP contribution in [0.15, 0.2) is 30.7 Å². The van der Waals surface area contributed by atoms with E-state index in [0.717, 1.165) is 37.6 Å². The zero-order valence-electron chi connectivity index (χ0n) is 15.3. The molecule has 0 atom stereocenters. The molecule has 4 heterocycles. The van der Waals surface area contributed by atoms with Gasteiger partial charge in [0.1, 0.15) is 5.82 Å². The zero-order valence-corrected chi connectivity index (χ0v) is 15.3. The summed E-state index contributed by atoms with van der Waals surface area (Å²) in [6.07, 6.45) is 4.92. The molecule has 3 aromatic heterocycles. The van der Waals surface area contributed by atoms with Gasteiger partial charge < -0.3 is 19.9 Å². The van der Waals surface area contributed by atoms with Crippen molar-refractivity contribution in [2.24, 2.45) is 0 Å². The molecule has 0 unspecified atom stereocenters. The van der Waals surface area contributed by atoms with Crippen LogP contribution in [0.5, 0.6) is 0 Å². The van der Waals surface area contributed by atoms with E-state index in [2.05, 4.69) is 25.5 Å². The van der Waals surface area contributed by atoms with Crippen molar-refractivity contribution in [1.29, 1.82) is 0 Å². The molecule has 0 radical (unpaired) electrons. The first kappa shape index (κ1) is 17.4. The van der Waals surface area contributed by atoms with Crippen LogP contribution in [0.3, 0.4) is 0 Å². The minimum Gasteiger partial charge on any atom is -0.354 e. The third kappa shape index (κ3) is 3.48. The Morgan fingerprint density at radius 3 is 2.74 bits per heavy atom. The number of fused-ring (bicyclic) bond motifs is 1. The van der Waals surface area contributed by atoms with Crippen LogP contribution in [0.4, 0.5) is 15.9 Å². The van der Waals surface area contributed by atoms with Gasteiger partial charge in [0.25, 0.3) is 5.91 Å². The highest BCUT2D eigenvalue weighted by Crippen LogP contribution is 2.20. The first-order valence-corrected chi connectivity index (χ1v) is 8.90. The molecule has 0 aliphatic carbocycles. The Morgan fingerprint density at radius 1 is 1.22 bits per heavy atom. The third-order valence-corrected chi connectivity index (χ3v) is 4.61. The molecule has 0 spiro atoms. The topological polar surface area (TPSA) is 74.6 Å². The fourth-order valence-corrected chi connectivity index (χ4v) is 3.35. The number of hydrogen-bond donors (Lipinski definition) is 2. The van der Waals surface area contributed by atoms with Crippen molar-refractivity contribution in [2.45, 2.75) is 13.8 Å². The van der Waals surface area contributed by atoms with Crippen LogP contribution < -0.4 is 15.5 Å². The first-order chi connectivity index (χ1) is 13.0. The number of carbonyl (C=O) groups excluding carboxylic acids is 1. The van der Waals surface area contributed by atoms with E-state index in [1.807, 2.05) is 13.0 Å². The molecule has 0 bridgehead atoms. The van der Waals surface area contributed by atoms with Gasteiger partial charge in [0, 0.05) is 50.8 Å². The third-order valence-electron chi connectivity index (χ3n) is 4.61. The molecule has 0 saturated carbocycles. The van der Waals surface area contributed by atoms with Gasteiger partial charge in [-0.3, -0.25) is 4.79 Å². The lowest BCUT2D eigenvalue weighted by molar-refractivity contribution is 0.102. The minimum absolute atomic E-state index is 0.239. The summed E-state index contributed by atoms with van der Waals surface area (Å²) in [4.78, 5) is 23.4. The van der Waals surface area contributed by atoms with Crippen molar-refractivity contribution in [2.75, 3.05) is 36.4 Å². The molecule has 1 amide bonds. The Kier molecular flexibility index (Phi) is 4.49. The molecule has 8 heteroatoms. The van der Waals surface area contributed by atoms with Crippen molar-refractivity contribution in [1.82, 2.24) is 19.7 Å². The van der Waals surface area contributed by atoms with Gasteiger partial charge >= 0.3 is 0 Å². The lowest BCUT2D eigenvalue weighted by Crippen LogP contribution is -2.44. The molecule has 1 fully saturated rings. The maximum Gasteiger partial charge on any atom is 0.257 e. The van der Waals surface area contributed by atoms with Gasteiger partial charge in [-0.25, -0.2) is 14.4 Å². The van der Waals surface area contributed by atoms with Crippen molar-refractivity contribution in [3.8, 4) is 0 Å². The fraction of sp³-hybridized carbons (Fsp3) is 0.316. The van der Waals surface area contributed by atoms with Gasteiger partial charge in [0.05, 0.1) is 16.9 Å². The minimum atomic E-state index is -0.482. The molecule has 2 N–H and O–H groups in total. The van der Waals surface area contributed by atoms with E-state index in [-0.39, 0.29) is 11.6 Å². The van der Waals surface area contributed by atoms with Gasteiger partial charge in [0.15, 0.2) is 11.5 Å². The molecule has 0 aromatic carbocycles. The number of hydrogen-bond acceptors (Lipinski definition) is 5. The van der Waals surface area contributed by atoms with Gasteiger partial charge in [-0.2, -0.15) is 0 Å². The fourth-order valence-electron chi connectivity index (χ4n) is 3.35. The molecular weight excluding hydrogens is 347 g/mol. The molecule has 1 aliphatic heterocycles. The van der Waals surface area contributed by atoms with Crippen LogP contribution in [0.25, 0.3) is 5.65 Å². The number of anilines is 2. The molecule has 3 aromatic rings. The van der Waals surface area contributed by atoms with E-state index >= 15 is 0 Å². The van der Waals surface area contributed by atoms with E-state index in [4.69, 9.17) is 0 Å². The molecular formula is C19H21FN6O. The smallest absolute Gasteiger partial charge is 0.257 e. The number of rotatable bonds is 3. The number of imidazole rings is 1. The monoisotopic (exact) mass is 368 g/mol. The van der Waals surface area contributed by atoms with E-state index in [1.165, 1.54) is 6.07 Å². The van der Waals surface area contributed by atoms with E-state index in [9.17, 15) is 9.18 Å². The second-order valence-corrected chi connectivity index (χ2v) is 6.75. The summed E-state index contributed by atoms with van der Waals surface area (Å²) in [5.41, 5.74) is 2.69. The summed E-state index contributed by atoms with van der Waals surface area (Å²) in [6.45, 7) is 7.36. The number of amides is 1. The molecule has 1 saturated heterocycles. The Labute approximate surface area is 156 Å². The first-order valence-electron chi connectivity index (χ1n) is 8.90. The van der Waals surface area contributed by atoms with Crippen LogP contribution >= 0.6 is 0 Å². The number of piperazine rings is 1. The lowest BCUT2D eigenvalue weighted by atomic mass is 10.1. The van der Waals surface area contributed by atoms with Crippen LogP contribution in [0, 0.1) is 19.7 Å². The normalized spacial score (nSPS) is 14.6. The van der Waals surface area contributed by atoms with Gasteiger partial charge in [0.2, 0.25) is 0 Å². The standard InChI is InChI=1S/C19H21FN6O/c1-12-7-14(9-22-17(12)25-5-3-21-4-6-25)19(27)24-15-8-16(20)18-23-13(2)10-26(18)11-15/h7-11,21H,3-6H2,1-2H3,(H,24,27). The van der Waals surface area contributed by atoms with Crippen LogP contribution in [-0.4, -0.2) is 46.5 Å². The SMILES string of the molecule is Cc1cn2cc(NC(=O)c3cnc(N4CCNCC4)c(C)c3)cc(F)c2n1. The lowest BCUT2D eigenvalue weighted by Gasteiger charge is -2.29. The number of aryl methyl sites for hydroxylation is 2. The Bertz CT molecular complexity index is 1010. The Balaban J connectivity index is 1.55. The molecule has 7 nitrogen and oxygen atoms in total. The van der Waals surface area contributed by atoms with Gasteiger partial charge in [-0.15, -0.1) is 0 Å². The van der Waals surface area contributed by atoms with Crippen molar-refractivity contribution < 1.29 is 9.18 Å². The summed E-state index contributed by atoms with van der Waals surface area (Å²) in [7, 11) is 0. The van der Waals surface area contributed by atoms with Gasteiger partial charge in [-0.05, 0) is 25.5 Å². The molecule has 140 valence electrons. The number of halogens is 1. The van der Waals surface area contributed by atoms with E-state index in [1.54, 1.807) is 29.9 Å². The number of carbonyl (C=O) groups is 1. The highest BCUT2D eigenvalue weighted by Gasteiger charge is 2.16. The highest BCUT2D eigenvalue weighted by atomic mass is 19.1. The molecule has 27 heavy (non-hydrogen) atoms. The van der Waals surface area contributed by atoms with Crippen molar-refractivity contribution >= 4 is 23.1 Å². The summed E-state index contributed by atoms with van der Waals surface area (Å²) in [6, 6.07) is 3.09. The van der Waals surface area contributed by atoms with Crippen LogP contribution in [0.2, 0.25) is 0 Å². The zero-order chi connectivity index (χ0) is 19.0. The predicted octanol–water partition coefficient (Wildman–Crippen LogP) is 2.15. The maximum atomic E-state index is 14.2. The Hall–Kier alpha value is -3.00. The molecule has 4 rings (SSSR count). The number of pyridine rings is 2. The maximum absolute atomic E-state index is 14.2. The number of nitrogens with one attached hydrogen (secondary N) is 2. The second kappa shape index (κ2) is 6.96. The van der Waals surface area contributed by atoms with E-state index < -0.39 is 5.82 Å². The summed E-state index contributed by atoms with van der Waals surface area (Å²) >= 11 is 0. The summed E-state index contributed by atoms with van der Waals surface area (Å²) in [5.74, 6) is 0.0896. The second-order valence-electron chi connectivity index (χ2n) is 6.75. The average Bonchev–Trinajstić information content (AvgIpc) is 3.03. The molecule has 1 aliphatic rings. The number of nitrogens with zero attached hydrogens (tertiary/aromatic N) is 4.